The van der Waals surface area contributed by atoms with Crippen LogP contribution in [0.15, 0.2) is 24.4 Å². The molecular weight excluding hydrogens is 232 g/mol. The first-order chi connectivity index (χ1) is 8.72. The number of methoxy groups -OCH3 is 1. The molecule has 1 aromatic carbocycles. The van der Waals surface area contributed by atoms with Crippen molar-refractivity contribution >= 4 is 22.5 Å². The number of hydrogen-bond donors (Lipinski definition) is 3. The normalized spacial score (nSPS) is 12.6. The molecule has 6 nitrogen and oxygen atoms in total. The Morgan fingerprint density at radius 1 is 1.61 bits per heavy atom. The Morgan fingerprint density at radius 2 is 2.44 bits per heavy atom. The maximum absolute atomic E-state index is 11.7. The van der Waals surface area contributed by atoms with E-state index in [1.807, 2.05) is 18.2 Å². The fourth-order valence-corrected chi connectivity index (χ4v) is 1.70. The van der Waals surface area contributed by atoms with Gasteiger partial charge in [-0.25, -0.2) is 0 Å². The Balaban J connectivity index is 2.01. The fourth-order valence-electron chi connectivity index (χ4n) is 1.70. The van der Waals surface area contributed by atoms with E-state index in [9.17, 15) is 4.79 Å². The van der Waals surface area contributed by atoms with E-state index in [1.54, 1.807) is 13.3 Å². The molecule has 6 heteroatoms. The minimum absolute atomic E-state index is 0.119. The van der Waals surface area contributed by atoms with Crippen LogP contribution in [0.3, 0.4) is 0 Å². The Labute approximate surface area is 104 Å². The van der Waals surface area contributed by atoms with Gasteiger partial charge in [0.2, 0.25) is 5.91 Å². The van der Waals surface area contributed by atoms with E-state index in [0.717, 1.165) is 16.6 Å². The highest BCUT2D eigenvalue weighted by Gasteiger charge is 2.11. The second-order valence-electron chi connectivity index (χ2n) is 4.02. The Hall–Kier alpha value is -1.92. The van der Waals surface area contributed by atoms with Crippen LogP contribution in [0.2, 0.25) is 0 Å². The van der Waals surface area contributed by atoms with Gasteiger partial charge in [0.05, 0.1) is 24.2 Å². The van der Waals surface area contributed by atoms with Crippen molar-refractivity contribution in [2.24, 2.45) is 5.73 Å². The summed E-state index contributed by atoms with van der Waals surface area (Å²) < 4.78 is 5.06. The molecule has 0 aliphatic rings. The van der Waals surface area contributed by atoms with Crippen LogP contribution in [0.25, 0.3) is 10.9 Å². The summed E-state index contributed by atoms with van der Waals surface area (Å²) in [6.07, 6.45) is 1.73. The first-order valence-corrected chi connectivity index (χ1v) is 5.68. The lowest BCUT2D eigenvalue weighted by atomic mass is 10.2. The molecule has 1 unspecified atom stereocenters. The second-order valence-corrected chi connectivity index (χ2v) is 4.02. The predicted octanol–water partition coefficient (Wildman–Crippen LogP) is 0.865. The van der Waals surface area contributed by atoms with Crippen LogP contribution in [0, 0.1) is 0 Å². The van der Waals surface area contributed by atoms with Gasteiger partial charge in [-0.3, -0.25) is 9.89 Å². The maximum atomic E-state index is 11.7. The molecule has 0 fully saturated rings. The summed E-state index contributed by atoms with van der Waals surface area (Å²) in [5.41, 5.74) is 7.08. The van der Waals surface area contributed by atoms with Crippen molar-refractivity contribution < 1.29 is 9.53 Å². The predicted molar refractivity (Wildman–Crippen MR) is 69.2 cm³/mol. The Morgan fingerprint density at radius 3 is 3.17 bits per heavy atom. The second kappa shape index (κ2) is 5.61. The number of nitrogens with two attached hydrogens (primary N) is 1. The van der Waals surface area contributed by atoms with Gasteiger partial charge in [0.15, 0.2) is 0 Å². The van der Waals surface area contributed by atoms with E-state index in [1.165, 1.54) is 0 Å². The zero-order valence-corrected chi connectivity index (χ0v) is 10.1. The largest absolute Gasteiger partial charge is 0.380 e. The van der Waals surface area contributed by atoms with Crippen LogP contribution in [-0.4, -0.2) is 35.9 Å². The summed E-state index contributed by atoms with van der Waals surface area (Å²) in [5, 5.41) is 10.6. The molecule has 0 bridgehead atoms. The van der Waals surface area contributed by atoms with Crippen molar-refractivity contribution in [3.8, 4) is 0 Å². The molecule has 96 valence electrons. The van der Waals surface area contributed by atoms with Gasteiger partial charge in [-0.1, -0.05) is 0 Å². The highest BCUT2D eigenvalue weighted by molar-refractivity contribution is 5.93. The van der Waals surface area contributed by atoms with Crippen molar-refractivity contribution in [1.29, 1.82) is 0 Å². The summed E-state index contributed by atoms with van der Waals surface area (Å²) in [4.78, 5) is 11.7. The molecule has 1 aromatic heterocycles. The van der Waals surface area contributed by atoms with E-state index in [0.29, 0.717) is 6.54 Å². The third-order valence-corrected chi connectivity index (χ3v) is 2.73. The summed E-state index contributed by atoms with van der Waals surface area (Å²) in [6.45, 7) is 0.323. The van der Waals surface area contributed by atoms with Crippen molar-refractivity contribution in [3.05, 3.63) is 24.4 Å². The lowest BCUT2D eigenvalue weighted by Gasteiger charge is -2.12. The minimum atomic E-state index is -0.249. The monoisotopic (exact) mass is 248 g/mol. The number of fused-ring (bicyclic) bond motifs is 1. The molecular formula is C12H16N4O2. The smallest absolute Gasteiger partial charge is 0.227 e. The molecule has 1 amide bonds. The van der Waals surface area contributed by atoms with Gasteiger partial charge in [0.1, 0.15) is 0 Å². The van der Waals surface area contributed by atoms with Crippen LogP contribution in [0.1, 0.15) is 6.42 Å². The Bertz CT molecular complexity index is 534. The lowest BCUT2D eigenvalue weighted by molar-refractivity contribution is -0.118. The molecule has 4 N–H and O–H groups in total. The van der Waals surface area contributed by atoms with Crippen molar-refractivity contribution in [3.63, 3.8) is 0 Å². The highest BCUT2D eigenvalue weighted by Crippen LogP contribution is 2.16. The van der Waals surface area contributed by atoms with E-state index in [4.69, 9.17) is 10.5 Å². The summed E-state index contributed by atoms with van der Waals surface area (Å²) >= 11 is 0. The van der Waals surface area contributed by atoms with E-state index >= 15 is 0 Å². The molecule has 18 heavy (non-hydrogen) atoms. The molecule has 0 aliphatic carbocycles. The van der Waals surface area contributed by atoms with Crippen LogP contribution >= 0.6 is 0 Å². The standard InChI is InChI=1S/C12H16N4O2/c1-18-10(6-13)5-12(17)15-9-3-2-8-7-14-16-11(8)4-9/h2-4,7,10H,5-6,13H2,1H3,(H,14,16)(H,15,17). The van der Waals surface area contributed by atoms with Gasteiger partial charge in [-0.2, -0.15) is 5.10 Å². The average molecular weight is 248 g/mol. The first-order valence-electron chi connectivity index (χ1n) is 5.68. The van der Waals surface area contributed by atoms with Crippen molar-refractivity contribution in [2.45, 2.75) is 12.5 Å². The molecule has 0 aliphatic heterocycles. The van der Waals surface area contributed by atoms with E-state index < -0.39 is 0 Å². The SMILES string of the molecule is COC(CN)CC(=O)Nc1ccc2cn[nH]c2c1. The topological polar surface area (TPSA) is 93.0 Å². The quantitative estimate of drug-likeness (QED) is 0.731. The number of rotatable bonds is 5. The van der Waals surface area contributed by atoms with Crippen LogP contribution < -0.4 is 11.1 Å². The van der Waals surface area contributed by atoms with Gasteiger partial charge in [0, 0.05) is 24.7 Å². The molecule has 1 heterocycles. The number of anilines is 1. The first kappa shape index (κ1) is 12.5. The third-order valence-electron chi connectivity index (χ3n) is 2.73. The number of carbonyl (C=O) groups excluding carboxylic acids is 1. The third kappa shape index (κ3) is 2.85. The summed E-state index contributed by atoms with van der Waals surface area (Å²) in [7, 11) is 1.54. The van der Waals surface area contributed by atoms with Crippen LogP contribution in [0.4, 0.5) is 5.69 Å². The molecule has 0 saturated heterocycles. The number of H-pyrrole nitrogens is 1. The number of nitrogens with one attached hydrogen (secondary N) is 2. The number of hydrogen-bond acceptors (Lipinski definition) is 4. The number of benzene rings is 1. The molecule has 0 saturated carbocycles. The summed E-state index contributed by atoms with van der Waals surface area (Å²) in [5.74, 6) is -0.119. The van der Waals surface area contributed by atoms with Gasteiger partial charge in [-0.05, 0) is 18.2 Å². The summed E-state index contributed by atoms with van der Waals surface area (Å²) in [6, 6.07) is 5.57. The van der Waals surface area contributed by atoms with Crippen molar-refractivity contribution in [1.82, 2.24) is 10.2 Å². The molecule has 0 spiro atoms. The molecule has 2 rings (SSSR count). The molecule has 0 radical (unpaired) electrons. The Kier molecular flexibility index (Phi) is 3.91. The van der Waals surface area contributed by atoms with E-state index in [-0.39, 0.29) is 18.4 Å². The average Bonchev–Trinajstić information content (AvgIpc) is 2.83. The molecule has 1 atom stereocenters. The number of carbonyl (C=O) groups is 1. The minimum Gasteiger partial charge on any atom is -0.380 e. The van der Waals surface area contributed by atoms with E-state index in [2.05, 4.69) is 15.5 Å². The fraction of sp³-hybridized carbons (Fsp3) is 0.333. The number of amides is 1. The lowest BCUT2D eigenvalue weighted by Crippen LogP contribution is -2.28. The van der Waals surface area contributed by atoms with Crippen LogP contribution in [-0.2, 0) is 9.53 Å². The molecule has 2 aromatic rings. The highest BCUT2D eigenvalue weighted by atomic mass is 16.5. The number of ether oxygens (including phenoxy) is 1. The zero-order chi connectivity index (χ0) is 13.0. The number of aromatic amines is 1. The van der Waals surface area contributed by atoms with Gasteiger partial charge >= 0.3 is 0 Å². The maximum Gasteiger partial charge on any atom is 0.227 e. The van der Waals surface area contributed by atoms with Gasteiger partial charge in [-0.15, -0.1) is 0 Å². The zero-order valence-electron chi connectivity index (χ0n) is 10.1. The number of nitrogens with zero attached hydrogens (tertiary/aromatic N) is 1. The van der Waals surface area contributed by atoms with Crippen molar-refractivity contribution in [2.75, 3.05) is 19.0 Å². The number of aromatic nitrogens is 2. The van der Waals surface area contributed by atoms with Gasteiger partial charge < -0.3 is 15.8 Å². The van der Waals surface area contributed by atoms with Gasteiger partial charge in [0.25, 0.3) is 0 Å². The van der Waals surface area contributed by atoms with Crippen LogP contribution in [0.5, 0.6) is 0 Å².